The standard InChI is InChI=1S/C21H20F2/c1-2-3-15-6-9-19-13-16(7-10-18(19)12-15)4-5-17-8-11-20(22)21(23)14-17/h7-8,10-11,13-15H,2-3,6,9,12H2,1H3. The number of halogens is 2. The van der Waals surface area contributed by atoms with E-state index >= 15 is 0 Å². The normalized spacial score (nSPS) is 16.4. The molecule has 0 saturated carbocycles. The second-order valence-electron chi connectivity index (χ2n) is 6.26. The van der Waals surface area contributed by atoms with E-state index < -0.39 is 11.6 Å². The van der Waals surface area contributed by atoms with Crippen molar-refractivity contribution in [3.8, 4) is 11.8 Å². The molecule has 0 nitrogen and oxygen atoms in total. The third-order valence-electron chi connectivity index (χ3n) is 4.50. The third kappa shape index (κ3) is 3.79. The van der Waals surface area contributed by atoms with Crippen molar-refractivity contribution < 1.29 is 8.78 Å². The van der Waals surface area contributed by atoms with Crippen LogP contribution in [-0.4, -0.2) is 0 Å². The lowest BCUT2D eigenvalue weighted by atomic mass is 9.81. The summed E-state index contributed by atoms with van der Waals surface area (Å²) in [7, 11) is 0. The van der Waals surface area contributed by atoms with Crippen molar-refractivity contribution >= 4 is 0 Å². The van der Waals surface area contributed by atoms with Crippen LogP contribution in [0.1, 0.15) is 48.4 Å². The minimum Gasteiger partial charge on any atom is -0.204 e. The van der Waals surface area contributed by atoms with Crippen LogP contribution < -0.4 is 0 Å². The highest BCUT2D eigenvalue weighted by atomic mass is 19.2. The summed E-state index contributed by atoms with van der Waals surface area (Å²) in [6.07, 6.45) is 6.08. The van der Waals surface area contributed by atoms with Crippen molar-refractivity contribution in [2.24, 2.45) is 5.92 Å². The molecule has 1 atom stereocenters. The molecule has 0 aliphatic heterocycles. The maximum atomic E-state index is 13.2. The zero-order chi connectivity index (χ0) is 16.2. The molecule has 0 aromatic heterocycles. The van der Waals surface area contributed by atoms with Gasteiger partial charge >= 0.3 is 0 Å². The van der Waals surface area contributed by atoms with Gasteiger partial charge in [-0.15, -0.1) is 0 Å². The van der Waals surface area contributed by atoms with Gasteiger partial charge in [-0.25, -0.2) is 8.78 Å². The number of fused-ring (bicyclic) bond motifs is 1. The van der Waals surface area contributed by atoms with Crippen LogP contribution in [0.2, 0.25) is 0 Å². The van der Waals surface area contributed by atoms with E-state index in [0.29, 0.717) is 5.56 Å². The van der Waals surface area contributed by atoms with Crippen LogP contribution in [0.3, 0.4) is 0 Å². The molecular formula is C21H20F2. The van der Waals surface area contributed by atoms with Crippen LogP contribution in [-0.2, 0) is 12.8 Å². The summed E-state index contributed by atoms with van der Waals surface area (Å²) in [5, 5.41) is 0. The summed E-state index contributed by atoms with van der Waals surface area (Å²) in [5.41, 5.74) is 4.24. The first-order valence-electron chi connectivity index (χ1n) is 8.24. The quantitative estimate of drug-likeness (QED) is 0.663. The van der Waals surface area contributed by atoms with Gasteiger partial charge in [0.1, 0.15) is 0 Å². The van der Waals surface area contributed by atoms with Crippen molar-refractivity contribution in [2.75, 3.05) is 0 Å². The average molecular weight is 310 g/mol. The first kappa shape index (κ1) is 15.7. The molecule has 1 unspecified atom stereocenters. The fourth-order valence-corrected chi connectivity index (χ4v) is 3.28. The van der Waals surface area contributed by atoms with Crippen LogP contribution in [0.5, 0.6) is 0 Å². The Morgan fingerprint density at radius 3 is 2.43 bits per heavy atom. The minimum absolute atomic E-state index is 0.490. The zero-order valence-electron chi connectivity index (χ0n) is 13.3. The highest BCUT2D eigenvalue weighted by Crippen LogP contribution is 2.28. The van der Waals surface area contributed by atoms with Crippen molar-refractivity contribution in [1.29, 1.82) is 0 Å². The molecule has 3 rings (SSSR count). The van der Waals surface area contributed by atoms with Crippen LogP contribution in [0.4, 0.5) is 8.78 Å². The van der Waals surface area contributed by atoms with Crippen LogP contribution in [0, 0.1) is 29.4 Å². The van der Waals surface area contributed by atoms with Gasteiger partial charge in [-0.3, -0.25) is 0 Å². The van der Waals surface area contributed by atoms with Gasteiger partial charge in [-0.2, -0.15) is 0 Å². The fraction of sp³-hybridized carbons (Fsp3) is 0.333. The third-order valence-corrected chi connectivity index (χ3v) is 4.50. The number of rotatable bonds is 2. The second-order valence-corrected chi connectivity index (χ2v) is 6.26. The van der Waals surface area contributed by atoms with Gasteiger partial charge in [0.25, 0.3) is 0 Å². The Morgan fingerprint density at radius 2 is 1.70 bits per heavy atom. The maximum Gasteiger partial charge on any atom is 0.160 e. The molecule has 0 fully saturated rings. The van der Waals surface area contributed by atoms with E-state index in [0.717, 1.165) is 30.0 Å². The monoisotopic (exact) mass is 310 g/mol. The molecule has 0 heterocycles. The largest absolute Gasteiger partial charge is 0.204 e. The van der Waals surface area contributed by atoms with E-state index in [4.69, 9.17) is 0 Å². The summed E-state index contributed by atoms with van der Waals surface area (Å²) < 4.78 is 26.1. The molecular weight excluding hydrogens is 290 g/mol. The molecule has 2 aromatic carbocycles. The summed E-state index contributed by atoms with van der Waals surface area (Å²) in [6, 6.07) is 10.1. The lowest BCUT2D eigenvalue weighted by Crippen LogP contribution is -2.14. The summed E-state index contributed by atoms with van der Waals surface area (Å²) in [5.74, 6) is 5.08. The van der Waals surface area contributed by atoms with Crippen molar-refractivity contribution in [2.45, 2.75) is 39.0 Å². The summed E-state index contributed by atoms with van der Waals surface area (Å²) >= 11 is 0. The molecule has 0 N–H and O–H groups in total. The maximum absolute atomic E-state index is 13.2. The molecule has 118 valence electrons. The lowest BCUT2D eigenvalue weighted by Gasteiger charge is -2.24. The Balaban J connectivity index is 1.78. The Labute approximate surface area is 136 Å². The van der Waals surface area contributed by atoms with Crippen molar-refractivity contribution in [3.63, 3.8) is 0 Å². The number of hydrogen-bond acceptors (Lipinski definition) is 0. The predicted molar refractivity (Wildman–Crippen MR) is 89.2 cm³/mol. The Morgan fingerprint density at radius 1 is 0.957 bits per heavy atom. The molecule has 0 spiro atoms. The first-order valence-corrected chi connectivity index (χ1v) is 8.24. The molecule has 2 heteroatoms. The topological polar surface area (TPSA) is 0 Å². The first-order chi connectivity index (χ1) is 11.2. The number of hydrogen-bond donors (Lipinski definition) is 0. The van der Waals surface area contributed by atoms with Crippen molar-refractivity contribution in [3.05, 3.63) is 70.3 Å². The average Bonchev–Trinajstić information content (AvgIpc) is 2.56. The van der Waals surface area contributed by atoms with Gasteiger partial charge in [0.05, 0.1) is 0 Å². The number of aryl methyl sites for hydroxylation is 1. The van der Waals surface area contributed by atoms with Gasteiger partial charge < -0.3 is 0 Å². The molecule has 0 saturated heterocycles. The van der Waals surface area contributed by atoms with Gasteiger partial charge in [0.15, 0.2) is 11.6 Å². The van der Waals surface area contributed by atoms with Crippen LogP contribution >= 0.6 is 0 Å². The zero-order valence-corrected chi connectivity index (χ0v) is 13.3. The van der Waals surface area contributed by atoms with E-state index in [1.165, 1.54) is 42.9 Å². The molecule has 1 aliphatic carbocycles. The fourth-order valence-electron chi connectivity index (χ4n) is 3.28. The van der Waals surface area contributed by atoms with Gasteiger partial charge in [0.2, 0.25) is 0 Å². The molecule has 2 aromatic rings. The van der Waals surface area contributed by atoms with E-state index in [9.17, 15) is 8.78 Å². The minimum atomic E-state index is -0.857. The Hall–Kier alpha value is -2.14. The SMILES string of the molecule is CCCC1CCc2cc(C#Cc3ccc(F)c(F)c3)ccc2C1. The van der Waals surface area contributed by atoms with E-state index in [1.54, 1.807) is 0 Å². The van der Waals surface area contributed by atoms with Gasteiger partial charge in [-0.1, -0.05) is 37.7 Å². The van der Waals surface area contributed by atoms with E-state index in [2.05, 4.69) is 30.9 Å². The van der Waals surface area contributed by atoms with Crippen LogP contribution in [0.25, 0.3) is 0 Å². The highest BCUT2D eigenvalue weighted by molar-refractivity contribution is 5.46. The van der Waals surface area contributed by atoms with Crippen molar-refractivity contribution in [1.82, 2.24) is 0 Å². The summed E-state index contributed by atoms with van der Waals surface area (Å²) in [4.78, 5) is 0. The number of benzene rings is 2. The predicted octanol–water partition coefficient (Wildman–Crippen LogP) is 5.27. The highest BCUT2D eigenvalue weighted by Gasteiger charge is 2.17. The second kappa shape index (κ2) is 6.96. The molecule has 0 radical (unpaired) electrons. The molecule has 23 heavy (non-hydrogen) atoms. The molecule has 0 amide bonds. The smallest absolute Gasteiger partial charge is 0.160 e. The van der Waals surface area contributed by atoms with E-state index in [-0.39, 0.29) is 0 Å². The Kier molecular flexibility index (Phi) is 4.76. The molecule has 1 aliphatic rings. The van der Waals surface area contributed by atoms with Gasteiger partial charge in [-0.05, 0) is 66.6 Å². The molecule has 0 bridgehead atoms. The lowest BCUT2D eigenvalue weighted by molar-refractivity contribution is 0.423. The summed E-state index contributed by atoms with van der Waals surface area (Å²) in [6.45, 7) is 2.24. The van der Waals surface area contributed by atoms with Crippen LogP contribution in [0.15, 0.2) is 36.4 Å². The Bertz CT molecular complexity index is 765. The van der Waals surface area contributed by atoms with E-state index in [1.807, 2.05) is 6.07 Å². The van der Waals surface area contributed by atoms with Gasteiger partial charge in [0, 0.05) is 11.1 Å².